The van der Waals surface area contributed by atoms with Crippen molar-refractivity contribution in [3.8, 4) is 5.75 Å². The highest BCUT2D eigenvalue weighted by Crippen LogP contribution is 2.25. The highest BCUT2D eigenvalue weighted by atomic mass is 16.5. The van der Waals surface area contributed by atoms with Crippen LogP contribution in [0.2, 0.25) is 0 Å². The van der Waals surface area contributed by atoms with E-state index < -0.39 is 0 Å². The number of aromatic amines is 1. The number of benzene rings is 1. The number of fused-ring (bicyclic) bond motifs is 1. The second kappa shape index (κ2) is 5.05. The highest BCUT2D eigenvalue weighted by molar-refractivity contribution is 5.84. The van der Waals surface area contributed by atoms with Crippen molar-refractivity contribution in [1.29, 1.82) is 0 Å². The lowest BCUT2D eigenvalue weighted by molar-refractivity contribution is 0.262. The molecule has 0 aliphatic rings. The van der Waals surface area contributed by atoms with Crippen LogP contribution in [-0.4, -0.2) is 42.1 Å². The number of ether oxygens (including phenoxy) is 1. The maximum Gasteiger partial charge on any atom is 0.258 e. The Labute approximate surface area is 104 Å². The predicted octanol–water partition coefficient (Wildman–Crippen LogP) is 0.446. The maximum atomic E-state index is 11.5. The largest absolute Gasteiger partial charge is 0.490 e. The Morgan fingerprint density at radius 2 is 2.22 bits per heavy atom. The SMILES string of the molecule is CN(C)CCOc1cc2nc[nH]c(=O)c2cc1N. The molecule has 1 aromatic heterocycles. The molecule has 0 saturated heterocycles. The van der Waals surface area contributed by atoms with Gasteiger partial charge >= 0.3 is 0 Å². The minimum Gasteiger partial charge on any atom is -0.490 e. The molecule has 0 spiro atoms. The molecule has 96 valence electrons. The van der Waals surface area contributed by atoms with E-state index in [0.29, 0.717) is 28.9 Å². The van der Waals surface area contributed by atoms with Crippen LogP contribution in [0, 0.1) is 0 Å². The zero-order valence-electron chi connectivity index (χ0n) is 10.4. The van der Waals surface area contributed by atoms with Crippen LogP contribution in [0.3, 0.4) is 0 Å². The Morgan fingerprint density at radius 1 is 1.44 bits per heavy atom. The first-order valence-corrected chi connectivity index (χ1v) is 5.62. The standard InChI is InChI=1S/C12H16N4O2/c1-16(2)3-4-18-11-6-10-8(5-9(11)13)12(17)15-7-14-10/h5-7H,3-4,13H2,1-2H3,(H,14,15,17). The van der Waals surface area contributed by atoms with Gasteiger partial charge < -0.3 is 20.4 Å². The molecule has 0 fully saturated rings. The van der Waals surface area contributed by atoms with E-state index in [1.165, 1.54) is 6.33 Å². The number of hydrogen-bond acceptors (Lipinski definition) is 5. The van der Waals surface area contributed by atoms with Gasteiger partial charge in [-0.15, -0.1) is 0 Å². The van der Waals surface area contributed by atoms with Crippen LogP contribution >= 0.6 is 0 Å². The average Bonchev–Trinajstić information content (AvgIpc) is 2.31. The lowest BCUT2D eigenvalue weighted by atomic mass is 10.2. The molecule has 0 amide bonds. The summed E-state index contributed by atoms with van der Waals surface area (Å²) in [7, 11) is 3.93. The van der Waals surface area contributed by atoms with E-state index >= 15 is 0 Å². The molecule has 0 unspecified atom stereocenters. The molecule has 0 bridgehead atoms. The Kier molecular flexibility index (Phi) is 3.47. The molecule has 2 rings (SSSR count). The second-order valence-electron chi connectivity index (χ2n) is 4.29. The number of anilines is 1. The van der Waals surface area contributed by atoms with E-state index in [1.807, 2.05) is 19.0 Å². The van der Waals surface area contributed by atoms with Crippen LogP contribution in [0.25, 0.3) is 10.9 Å². The summed E-state index contributed by atoms with van der Waals surface area (Å²) in [5.74, 6) is 0.558. The van der Waals surface area contributed by atoms with Crippen LogP contribution < -0.4 is 16.0 Å². The number of aromatic nitrogens is 2. The summed E-state index contributed by atoms with van der Waals surface area (Å²) in [5.41, 5.74) is 6.67. The van der Waals surface area contributed by atoms with Crippen molar-refractivity contribution < 1.29 is 4.74 Å². The molecule has 0 saturated carbocycles. The molecule has 2 aromatic rings. The Bertz CT molecular complexity index is 607. The van der Waals surface area contributed by atoms with Crippen LogP contribution in [0.15, 0.2) is 23.3 Å². The van der Waals surface area contributed by atoms with Crippen LogP contribution in [0.4, 0.5) is 5.69 Å². The van der Waals surface area contributed by atoms with Gasteiger partial charge in [0.1, 0.15) is 12.4 Å². The minimum absolute atomic E-state index is 0.202. The normalized spacial score (nSPS) is 11.1. The Morgan fingerprint density at radius 3 is 2.94 bits per heavy atom. The molecule has 0 aliphatic heterocycles. The Hall–Kier alpha value is -2.08. The van der Waals surface area contributed by atoms with Gasteiger partial charge in [0, 0.05) is 12.6 Å². The molecule has 0 radical (unpaired) electrons. The van der Waals surface area contributed by atoms with Crippen molar-refractivity contribution in [3.63, 3.8) is 0 Å². The van der Waals surface area contributed by atoms with Gasteiger partial charge in [-0.2, -0.15) is 0 Å². The summed E-state index contributed by atoms with van der Waals surface area (Å²) in [4.78, 5) is 20.2. The number of rotatable bonds is 4. The van der Waals surface area contributed by atoms with Gasteiger partial charge in [-0.05, 0) is 20.2 Å². The van der Waals surface area contributed by atoms with Gasteiger partial charge in [0.2, 0.25) is 0 Å². The summed E-state index contributed by atoms with van der Waals surface area (Å²) < 4.78 is 5.58. The van der Waals surface area contributed by atoms with Gasteiger partial charge in [-0.1, -0.05) is 0 Å². The van der Waals surface area contributed by atoms with Crippen molar-refractivity contribution >= 4 is 16.6 Å². The zero-order chi connectivity index (χ0) is 13.1. The quantitative estimate of drug-likeness (QED) is 0.767. The van der Waals surface area contributed by atoms with E-state index in [2.05, 4.69) is 9.97 Å². The molecule has 0 atom stereocenters. The third-order valence-electron chi connectivity index (χ3n) is 2.57. The fraction of sp³-hybridized carbons (Fsp3) is 0.333. The highest BCUT2D eigenvalue weighted by Gasteiger charge is 2.06. The summed E-state index contributed by atoms with van der Waals surface area (Å²) in [6.07, 6.45) is 1.37. The summed E-state index contributed by atoms with van der Waals surface area (Å²) >= 11 is 0. The van der Waals surface area contributed by atoms with E-state index in [4.69, 9.17) is 10.5 Å². The molecule has 18 heavy (non-hydrogen) atoms. The molecule has 0 aliphatic carbocycles. The summed E-state index contributed by atoms with van der Waals surface area (Å²) in [6.45, 7) is 1.33. The molecule has 6 nitrogen and oxygen atoms in total. The first-order chi connectivity index (χ1) is 8.58. The molecule has 1 heterocycles. The lowest BCUT2D eigenvalue weighted by Gasteiger charge is -2.12. The van der Waals surface area contributed by atoms with E-state index in [0.717, 1.165) is 6.54 Å². The van der Waals surface area contributed by atoms with Crippen LogP contribution in [0.5, 0.6) is 5.75 Å². The fourth-order valence-corrected chi connectivity index (χ4v) is 1.58. The van der Waals surface area contributed by atoms with Crippen molar-refractivity contribution in [1.82, 2.24) is 14.9 Å². The molecule has 1 aromatic carbocycles. The van der Waals surface area contributed by atoms with Crippen molar-refractivity contribution in [2.24, 2.45) is 0 Å². The van der Waals surface area contributed by atoms with Crippen molar-refractivity contribution in [2.75, 3.05) is 33.0 Å². The van der Waals surface area contributed by atoms with Gasteiger partial charge in [0.25, 0.3) is 5.56 Å². The number of nitrogens with two attached hydrogens (primary N) is 1. The van der Waals surface area contributed by atoms with Crippen LogP contribution in [0.1, 0.15) is 0 Å². The molecular weight excluding hydrogens is 232 g/mol. The molecule has 6 heteroatoms. The van der Waals surface area contributed by atoms with E-state index in [9.17, 15) is 4.79 Å². The second-order valence-corrected chi connectivity index (χ2v) is 4.29. The van der Waals surface area contributed by atoms with Crippen molar-refractivity contribution in [3.05, 3.63) is 28.8 Å². The number of H-pyrrole nitrogens is 1. The minimum atomic E-state index is -0.202. The first kappa shape index (κ1) is 12.4. The first-order valence-electron chi connectivity index (χ1n) is 5.62. The lowest BCUT2D eigenvalue weighted by Crippen LogP contribution is -2.19. The van der Waals surface area contributed by atoms with E-state index in [-0.39, 0.29) is 5.56 Å². The summed E-state index contributed by atoms with van der Waals surface area (Å²) in [6, 6.07) is 3.28. The third-order valence-corrected chi connectivity index (χ3v) is 2.57. The van der Waals surface area contributed by atoms with Gasteiger partial charge in [-0.3, -0.25) is 4.79 Å². The van der Waals surface area contributed by atoms with Crippen molar-refractivity contribution in [2.45, 2.75) is 0 Å². The predicted molar refractivity (Wildman–Crippen MR) is 70.8 cm³/mol. The molecular formula is C12H16N4O2. The molecule has 3 N–H and O–H groups in total. The number of nitrogens with zero attached hydrogens (tertiary/aromatic N) is 2. The van der Waals surface area contributed by atoms with Gasteiger partial charge in [0.15, 0.2) is 0 Å². The summed E-state index contributed by atoms with van der Waals surface area (Å²) in [5, 5.41) is 0.468. The van der Waals surface area contributed by atoms with Crippen LogP contribution in [-0.2, 0) is 0 Å². The maximum absolute atomic E-state index is 11.5. The zero-order valence-corrected chi connectivity index (χ0v) is 10.4. The third kappa shape index (κ3) is 2.60. The topological polar surface area (TPSA) is 84.2 Å². The number of nitrogen functional groups attached to an aromatic ring is 1. The average molecular weight is 248 g/mol. The number of hydrogen-bond donors (Lipinski definition) is 2. The number of nitrogens with one attached hydrogen (secondary N) is 1. The smallest absolute Gasteiger partial charge is 0.258 e. The Balaban J connectivity index is 2.29. The van der Waals surface area contributed by atoms with E-state index in [1.54, 1.807) is 12.1 Å². The number of likely N-dealkylation sites (N-methyl/N-ethyl adjacent to an activating group) is 1. The van der Waals surface area contributed by atoms with Gasteiger partial charge in [-0.25, -0.2) is 4.98 Å². The van der Waals surface area contributed by atoms with Gasteiger partial charge in [0.05, 0.1) is 22.9 Å². The monoisotopic (exact) mass is 248 g/mol. The fourth-order valence-electron chi connectivity index (χ4n) is 1.58.